The van der Waals surface area contributed by atoms with Crippen LogP contribution in [0.4, 0.5) is 27.8 Å². The van der Waals surface area contributed by atoms with Gasteiger partial charge in [0.1, 0.15) is 17.3 Å². The van der Waals surface area contributed by atoms with Crippen LogP contribution < -0.4 is 4.90 Å². The molecule has 1 N–H and O–H groups in total. The van der Waals surface area contributed by atoms with E-state index >= 15 is 0 Å². The van der Waals surface area contributed by atoms with Crippen molar-refractivity contribution in [2.75, 3.05) is 18.0 Å². The highest BCUT2D eigenvalue weighted by atomic mass is 19.4. The first-order valence-electron chi connectivity index (χ1n) is 12.8. The van der Waals surface area contributed by atoms with Gasteiger partial charge in [-0.15, -0.1) is 0 Å². The first-order valence-corrected chi connectivity index (χ1v) is 12.8. The van der Waals surface area contributed by atoms with Gasteiger partial charge in [0.25, 0.3) is 0 Å². The fourth-order valence-corrected chi connectivity index (χ4v) is 4.25. The van der Waals surface area contributed by atoms with Gasteiger partial charge in [-0.05, 0) is 47.0 Å². The number of hydrogen-bond donors (Lipinski definition) is 1. The van der Waals surface area contributed by atoms with E-state index in [0.717, 1.165) is 24.6 Å². The van der Waals surface area contributed by atoms with Crippen LogP contribution in [0.5, 0.6) is 0 Å². The number of aromatic nitrogens is 1. The molecule has 218 valence electrons. The average molecular weight is 584 g/mol. The monoisotopic (exact) mass is 583 g/mol. The van der Waals surface area contributed by atoms with Gasteiger partial charge < -0.3 is 19.4 Å². The first-order chi connectivity index (χ1) is 20.1. The van der Waals surface area contributed by atoms with Crippen LogP contribution >= 0.6 is 0 Å². The normalized spacial score (nSPS) is 12.6. The van der Waals surface area contributed by atoms with Crippen LogP contribution in [0.1, 0.15) is 12.0 Å². The first kappa shape index (κ1) is 30.0. The van der Waals surface area contributed by atoms with Crippen LogP contribution in [0.25, 0.3) is 22.0 Å². The number of carbonyl (C=O) groups is 1. The van der Waals surface area contributed by atoms with Gasteiger partial charge in [-0.25, -0.2) is 13.6 Å². The quantitative estimate of drug-likeness (QED) is 0.215. The lowest BCUT2D eigenvalue weighted by Gasteiger charge is -2.24. The Kier molecular flexibility index (Phi) is 9.74. The predicted octanol–water partition coefficient (Wildman–Crippen LogP) is 7.70. The zero-order chi connectivity index (χ0) is 30.1. The third-order valence-electron chi connectivity index (χ3n) is 6.18. The van der Waals surface area contributed by atoms with Gasteiger partial charge in [0.15, 0.2) is 0 Å². The summed E-state index contributed by atoms with van der Waals surface area (Å²) in [5.74, 6) is -3.50. The van der Waals surface area contributed by atoms with Crippen LogP contribution in [0.3, 0.4) is 0 Å². The summed E-state index contributed by atoms with van der Waals surface area (Å²) in [5.41, 5.74) is 1.90. The second-order valence-electron chi connectivity index (χ2n) is 9.23. The smallest absolute Gasteiger partial charge is 0.475 e. The van der Waals surface area contributed by atoms with Crippen molar-refractivity contribution in [2.24, 2.45) is 0 Å². The Morgan fingerprint density at radius 3 is 2.21 bits per heavy atom. The molecule has 0 saturated heterocycles. The maximum absolute atomic E-state index is 13.8. The number of carboxylic acids is 1. The van der Waals surface area contributed by atoms with Crippen molar-refractivity contribution in [3.63, 3.8) is 0 Å². The van der Waals surface area contributed by atoms with E-state index in [-0.39, 0.29) is 0 Å². The molecule has 42 heavy (non-hydrogen) atoms. The Bertz CT molecular complexity index is 1570. The highest BCUT2D eigenvalue weighted by Crippen LogP contribution is 2.28. The summed E-state index contributed by atoms with van der Waals surface area (Å²) in [7, 11) is 0. The number of benzene rings is 3. The number of allylic oxidation sites excluding steroid dienone is 4. The molecule has 0 atom stereocenters. The molecule has 0 amide bonds. The standard InChI is InChI=1S/C29H25F2N3O.C2HF3O2/c30-25-17-24(18-26(31)19-25)28-20-29(35-32-28)34(16-8-15-33-13-5-1-2-6-14-33)21-23-11-7-10-22-9-3-4-12-27(22)23;3-2(4,5)1(6)7/h1-7,9-14,17-20H,8,15-16,21H2;(H,6,7). The van der Waals surface area contributed by atoms with E-state index in [1.54, 1.807) is 6.07 Å². The van der Waals surface area contributed by atoms with Crippen molar-refractivity contribution >= 4 is 22.6 Å². The third kappa shape index (κ3) is 8.29. The Morgan fingerprint density at radius 1 is 0.905 bits per heavy atom. The maximum Gasteiger partial charge on any atom is 0.490 e. The molecule has 2 heterocycles. The molecule has 1 aromatic heterocycles. The number of rotatable bonds is 8. The van der Waals surface area contributed by atoms with Gasteiger partial charge in [-0.3, -0.25) is 0 Å². The Balaban J connectivity index is 0.000000517. The van der Waals surface area contributed by atoms with E-state index in [2.05, 4.69) is 45.3 Å². The Hall–Kier alpha value is -4.93. The molecule has 1 aliphatic heterocycles. The molecule has 0 radical (unpaired) electrons. The molecule has 0 unspecified atom stereocenters. The van der Waals surface area contributed by atoms with Gasteiger partial charge in [-0.1, -0.05) is 59.8 Å². The third-order valence-corrected chi connectivity index (χ3v) is 6.18. The van der Waals surface area contributed by atoms with Crippen molar-refractivity contribution in [1.82, 2.24) is 10.1 Å². The maximum atomic E-state index is 13.8. The summed E-state index contributed by atoms with van der Waals surface area (Å²) in [6.07, 6.45) is 7.87. The van der Waals surface area contributed by atoms with Gasteiger partial charge in [0, 0.05) is 49.7 Å². The van der Waals surface area contributed by atoms with Crippen LogP contribution in [0.2, 0.25) is 0 Å². The van der Waals surface area contributed by atoms with Gasteiger partial charge >= 0.3 is 12.1 Å². The van der Waals surface area contributed by atoms with Crippen LogP contribution in [0, 0.1) is 11.6 Å². The molecule has 3 aromatic carbocycles. The summed E-state index contributed by atoms with van der Waals surface area (Å²) >= 11 is 0. The summed E-state index contributed by atoms with van der Waals surface area (Å²) in [6, 6.07) is 19.6. The summed E-state index contributed by atoms with van der Waals surface area (Å²) in [4.78, 5) is 13.2. The lowest BCUT2D eigenvalue weighted by atomic mass is 10.0. The second kappa shape index (κ2) is 13.6. The minimum Gasteiger partial charge on any atom is -0.475 e. The average Bonchev–Trinajstić information content (AvgIpc) is 3.29. The molecule has 1 aliphatic rings. The molecular formula is C31H26F5N3O3. The summed E-state index contributed by atoms with van der Waals surface area (Å²) < 4.78 is 64.9. The Morgan fingerprint density at radius 2 is 1.55 bits per heavy atom. The fraction of sp³-hybridized carbons (Fsp3) is 0.161. The SMILES string of the molecule is Fc1cc(F)cc(-c2cc(N(CCCN3C=CC=CC=C3)Cc3cccc4ccccc34)on2)c1.O=C(O)C(F)(F)F. The second-order valence-corrected chi connectivity index (χ2v) is 9.23. The minimum atomic E-state index is -5.08. The molecule has 5 rings (SSSR count). The number of fused-ring (bicyclic) bond motifs is 1. The van der Waals surface area contributed by atoms with Crippen molar-refractivity contribution in [3.05, 3.63) is 121 Å². The fourth-order valence-electron chi connectivity index (χ4n) is 4.25. The van der Waals surface area contributed by atoms with Gasteiger partial charge in [-0.2, -0.15) is 13.2 Å². The van der Waals surface area contributed by atoms with Crippen LogP contribution in [-0.2, 0) is 11.3 Å². The van der Waals surface area contributed by atoms with Crippen molar-refractivity contribution in [1.29, 1.82) is 0 Å². The van der Waals surface area contributed by atoms with Crippen molar-refractivity contribution < 1.29 is 36.4 Å². The highest BCUT2D eigenvalue weighted by molar-refractivity contribution is 5.85. The van der Waals surface area contributed by atoms with Gasteiger partial charge in [0.2, 0.25) is 5.88 Å². The number of nitrogens with zero attached hydrogens (tertiary/aromatic N) is 3. The number of aliphatic carboxylic acids is 1. The topological polar surface area (TPSA) is 69.8 Å². The number of carboxylic acid groups (broad SMARTS) is 1. The van der Waals surface area contributed by atoms with Gasteiger partial charge in [0.05, 0.1) is 0 Å². The molecule has 6 nitrogen and oxygen atoms in total. The Labute approximate surface area is 238 Å². The number of halogens is 5. The van der Waals surface area contributed by atoms with Crippen molar-refractivity contribution in [2.45, 2.75) is 19.1 Å². The van der Waals surface area contributed by atoms with E-state index in [1.165, 1.54) is 22.9 Å². The minimum absolute atomic E-state index is 0.343. The number of hydrogen-bond acceptors (Lipinski definition) is 5. The molecule has 0 saturated carbocycles. The van der Waals surface area contributed by atoms with E-state index < -0.39 is 23.8 Å². The van der Waals surface area contributed by atoms with E-state index in [0.29, 0.717) is 30.2 Å². The largest absolute Gasteiger partial charge is 0.490 e. The summed E-state index contributed by atoms with van der Waals surface area (Å²) in [5, 5.41) is 13.6. The molecule has 0 bridgehead atoms. The lowest BCUT2D eigenvalue weighted by molar-refractivity contribution is -0.192. The zero-order valence-corrected chi connectivity index (χ0v) is 22.1. The number of anilines is 1. The molecule has 0 spiro atoms. The lowest BCUT2D eigenvalue weighted by Crippen LogP contribution is -2.26. The zero-order valence-electron chi connectivity index (χ0n) is 22.1. The van der Waals surface area contributed by atoms with E-state index in [1.807, 2.05) is 48.8 Å². The molecule has 0 fully saturated rings. The van der Waals surface area contributed by atoms with E-state index in [9.17, 15) is 22.0 Å². The molecule has 4 aromatic rings. The summed E-state index contributed by atoms with van der Waals surface area (Å²) in [6.45, 7) is 2.15. The predicted molar refractivity (Wildman–Crippen MR) is 149 cm³/mol. The molecule has 0 aliphatic carbocycles. The van der Waals surface area contributed by atoms with E-state index in [4.69, 9.17) is 14.4 Å². The highest BCUT2D eigenvalue weighted by Gasteiger charge is 2.38. The molecular weight excluding hydrogens is 557 g/mol. The van der Waals surface area contributed by atoms with Crippen LogP contribution in [0.15, 0.2) is 108 Å². The number of alkyl halides is 3. The molecule has 11 heteroatoms. The van der Waals surface area contributed by atoms with Crippen molar-refractivity contribution in [3.8, 4) is 11.3 Å². The van der Waals surface area contributed by atoms with Crippen LogP contribution in [-0.4, -0.2) is 40.4 Å².